The number of methoxy groups -OCH3 is 1. The van der Waals surface area contributed by atoms with Crippen molar-refractivity contribution in [2.75, 3.05) is 7.11 Å². The Balaban J connectivity index is 2.29. The van der Waals surface area contributed by atoms with Crippen LogP contribution >= 0.6 is 11.6 Å². The molecule has 0 aliphatic heterocycles. The van der Waals surface area contributed by atoms with E-state index in [2.05, 4.69) is 19.9 Å². The molecular weight excluding hydrogens is 346 g/mol. The van der Waals surface area contributed by atoms with Gasteiger partial charge in [-0.2, -0.15) is 5.26 Å². The zero-order valence-electron chi connectivity index (χ0n) is 15.5. The fourth-order valence-corrected chi connectivity index (χ4v) is 3.81. The Bertz CT molecular complexity index is 1010. The first-order valence-electron chi connectivity index (χ1n) is 8.37. The van der Waals surface area contributed by atoms with Crippen molar-refractivity contribution in [3.8, 4) is 11.8 Å². The molecule has 0 radical (unpaired) electrons. The van der Waals surface area contributed by atoms with E-state index in [1.54, 1.807) is 19.2 Å². The van der Waals surface area contributed by atoms with Gasteiger partial charge < -0.3 is 4.74 Å². The van der Waals surface area contributed by atoms with Crippen LogP contribution in [0.5, 0.6) is 5.75 Å². The van der Waals surface area contributed by atoms with Crippen molar-refractivity contribution in [1.29, 1.82) is 5.26 Å². The molecule has 132 valence electrons. The van der Waals surface area contributed by atoms with Gasteiger partial charge in [0.25, 0.3) is 0 Å². The lowest BCUT2D eigenvalue weighted by Gasteiger charge is -2.36. The van der Waals surface area contributed by atoms with Gasteiger partial charge in [-0.25, -0.2) is 0 Å². The molecule has 1 aliphatic carbocycles. The van der Waals surface area contributed by atoms with Crippen molar-refractivity contribution in [2.45, 2.75) is 33.1 Å². The number of fused-ring (bicyclic) bond motifs is 1. The maximum atomic E-state index is 13.4. The number of nitrogens with zero attached hydrogens (tertiary/aromatic N) is 1. The van der Waals surface area contributed by atoms with Crippen molar-refractivity contribution in [3.05, 3.63) is 68.7 Å². The van der Waals surface area contributed by atoms with Crippen LogP contribution in [0, 0.1) is 18.3 Å². The Morgan fingerprint density at radius 2 is 1.81 bits per heavy atom. The summed E-state index contributed by atoms with van der Waals surface area (Å²) in [4.78, 5) is 13.4. The van der Waals surface area contributed by atoms with Crippen molar-refractivity contribution in [2.24, 2.45) is 0 Å². The van der Waals surface area contributed by atoms with Gasteiger partial charge >= 0.3 is 0 Å². The number of aryl methyl sites for hydroxylation is 1. The monoisotopic (exact) mass is 365 g/mol. The van der Waals surface area contributed by atoms with Crippen LogP contribution in [0.3, 0.4) is 0 Å². The standard InChI is InChI=1S/C22H20ClNO2/c1-12-8-14(11-24)6-7-15(12)20-13(2)22(3,4)17-10-19(26-5)18(23)9-16(17)21(20)25/h6-10H,1-5H3. The van der Waals surface area contributed by atoms with E-state index in [0.717, 1.165) is 22.3 Å². The van der Waals surface area contributed by atoms with Gasteiger partial charge in [-0.3, -0.25) is 4.79 Å². The molecule has 0 unspecified atom stereocenters. The highest BCUT2D eigenvalue weighted by Crippen LogP contribution is 2.46. The Hall–Kier alpha value is -2.57. The number of nitriles is 1. The minimum Gasteiger partial charge on any atom is -0.495 e. The molecule has 0 atom stereocenters. The number of carbonyl (C=O) groups excluding carboxylic acids is 1. The smallest absolute Gasteiger partial charge is 0.193 e. The molecule has 0 heterocycles. The Morgan fingerprint density at radius 3 is 2.38 bits per heavy atom. The van der Waals surface area contributed by atoms with E-state index in [4.69, 9.17) is 21.6 Å². The molecule has 0 aromatic heterocycles. The highest BCUT2D eigenvalue weighted by atomic mass is 35.5. The summed E-state index contributed by atoms with van der Waals surface area (Å²) in [5.41, 5.74) is 5.19. The zero-order chi connectivity index (χ0) is 19.2. The Labute approximate surface area is 158 Å². The van der Waals surface area contributed by atoms with Crippen molar-refractivity contribution in [3.63, 3.8) is 0 Å². The van der Waals surface area contributed by atoms with Gasteiger partial charge in [0.1, 0.15) is 5.75 Å². The Kier molecular flexibility index (Phi) is 4.42. The lowest BCUT2D eigenvalue weighted by molar-refractivity contribution is 0.105. The van der Waals surface area contributed by atoms with E-state index in [-0.39, 0.29) is 11.2 Å². The zero-order valence-corrected chi connectivity index (χ0v) is 16.3. The molecule has 2 aromatic rings. The van der Waals surface area contributed by atoms with E-state index in [1.165, 1.54) is 0 Å². The molecule has 0 saturated carbocycles. The number of halogens is 1. The molecule has 0 fully saturated rings. The normalized spacial score (nSPS) is 15.5. The van der Waals surface area contributed by atoms with E-state index >= 15 is 0 Å². The number of ether oxygens (including phenoxy) is 1. The average Bonchev–Trinajstić information content (AvgIpc) is 2.61. The molecule has 0 saturated heterocycles. The molecule has 3 rings (SSSR count). The quantitative estimate of drug-likeness (QED) is 0.708. The lowest BCUT2D eigenvalue weighted by Crippen LogP contribution is -2.30. The van der Waals surface area contributed by atoms with Gasteiger partial charge in [0, 0.05) is 16.6 Å². The second-order valence-corrected chi connectivity index (χ2v) is 7.54. The first kappa shape index (κ1) is 18.2. The minimum atomic E-state index is -0.350. The number of ketones is 1. The van der Waals surface area contributed by atoms with Crippen molar-refractivity contribution >= 4 is 23.0 Å². The van der Waals surface area contributed by atoms with Gasteiger partial charge in [-0.1, -0.05) is 37.1 Å². The highest BCUT2D eigenvalue weighted by Gasteiger charge is 2.38. The van der Waals surface area contributed by atoms with E-state index in [0.29, 0.717) is 27.5 Å². The number of allylic oxidation sites excluding steroid dienone is 2. The van der Waals surface area contributed by atoms with Crippen LogP contribution in [0.2, 0.25) is 5.02 Å². The summed E-state index contributed by atoms with van der Waals surface area (Å²) in [5.74, 6) is 0.520. The second-order valence-electron chi connectivity index (χ2n) is 7.13. The maximum Gasteiger partial charge on any atom is 0.193 e. The maximum absolute atomic E-state index is 13.4. The SMILES string of the molecule is COc1cc2c(cc1Cl)C(=O)C(c1ccc(C#N)cc1C)=C(C)C2(C)C. The molecule has 0 spiro atoms. The molecule has 0 amide bonds. The molecule has 1 aliphatic rings. The third kappa shape index (κ3) is 2.62. The van der Waals surface area contributed by atoms with Crippen LogP contribution in [-0.2, 0) is 5.41 Å². The predicted octanol–water partition coefficient (Wildman–Crippen LogP) is 5.48. The van der Waals surface area contributed by atoms with Crippen LogP contribution in [0.1, 0.15) is 53.4 Å². The summed E-state index contributed by atoms with van der Waals surface area (Å²) >= 11 is 6.29. The summed E-state index contributed by atoms with van der Waals surface area (Å²) in [6.07, 6.45) is 0. The number of hydrogen-bond acceptors (Lipinski definition) is 3. The predicted molar refractivity (Wildman–Crippen MR) is 104 cm³/mol. The summed E-state index contributed by atoms with van der Waals surface area (Å²) in [5, 5.41) is 9.53. The summed E-state index contributed by atoms with van der Waals surface area (Å²) in [7, 11) is 1.57. The van der Waals surface area contributed by atoms with Crippen molar-refractivity contribution in [1.82, 2.24) is 0 Å². The molecule has 0 bridgehead atoms. The number of hydrogen-bond donors (Lipinski definition) is 0. The fraction of sp³-hybridized carbons (Fsp3) is 0.273. The van der Waals surface area contributed by atoms with Gasteiger partial charge in [-0.15, -0.1) is 0 Å². The summed E-state index contributed by atoms with van der Waals surface area (Å²) in [6.45, 7) is 8.11. The highest BCUT2D eigenvalue weighted by molar-refractivity contribution is 6.35. The third-order valence-corrected chi connectivity index (χ3v) is 5.67. The molecule has 0 N–H and O–H groups in total. The number of carbonyl (C=O) groups is 1. The van der Waals surface area contributed by atoms with E-state index < -0.39 is 0 Å². The topological polar surface area (TPSA) is 50.1 Å². The van der Waals surface area contributed by atoms with Gasteiger partial charge in [0.2, 0.25) is 0 Å². The van der Waals surface area contributed by atoms with Gasteiger partial charge in [0.05, 0.1) is 23.8 Å². The van der Waals surface area contributed by atoms with Crippen LogP contribution < -0.4 is 4.74 Å². The third-order valence-electron chi connectivity index (χ3n) is 5.37. The first-order chi connectivity index (χ1) is 12.2. The fourth-order valence-electron chi connectivity index (χ4n) is 3.57. The second kappa shape index (κ2) is 6.30. The number of Topliss-reactive ketones (excluding diaryl/α,β-unsaturated/α-hetero) is 1. The molecule has 2 aromatic carbocycles. The van der Waals surface area contributed by atoms with Crippen LogP contribution in [0.4, 0.5) is 0 Å². The lowest BCUT2D eigenvalue weighted by atomic mass is 9.67. The van der Waals surface area contributed by atoms with Crippen molar-refractivity contribution < 1.29 is 9.53 Å². The van der Waals surface area contributed by atoms with E-state index in [1.807, 2.05) is 32.0 Å². The molecule has 26 heavy (non-hydrogen) atoms. The van der Waals surface area contributed by atoms with Gasteiger partial charge in [0.15, 0.2) is 5.78 Å². The van der Waals surface area contributed by atoms with Gasteiger partial charge in [-0.05, 0) is 54.8 Å². The average molecular weight is 366 g/mol. The van der Waals surface area contributed by atoms with Crippen LogP contribution in [0.15, 0.2) is 35.9 Å². The minimum absolute atomic E-state index is 0.0471. The Morgan fingerprint density at radius 1 is 1.12 bits per heavy atom. The number of rotatable bonds is 2. The molecular formula is C22H20ClNO2. The van der Waals surface area contributed by atoms with Crippen LogP contribution in [-0.4, -0.2) is 12.9 Å². The molecule has 4 heteroatoms. The van der Waals surface area contributed by atoms with Crippen LogP contribution in [0.25, 0.3) is 5.57 Å². The summed E-state index contributed by atoms with van der Waals surface area (Å²) < 4.78 is 5.34. The summed E-state index contributed by atoms with van der Waals surface area (Å²) in [6, 6.07) is 11.1. The largest absolute Gasteiger partial charge is 0.495 e. The van der Waals surface area contributed by atoms with E-state index in [9.17, 15) is 4.79 Å². The first-order valence-corrected chi connectivity index (χ1v) is 8.75. The molecule has 3 nitrogen and oxygen atoms in total. The number of benzene rings is 2.